The van der Waals surface area contributed by atoms with Gasteiger partial charge in [-0.2, -0.15) is 5.10 Å². The molecule has 6 rings (SSSR count). The quantitative estimate of drug-likeness (QED) is 0.645. The second-order valence-electron chi connectivity index (χ2n) is 8.23. The normalized spacial score (nSPS) is 23.5. The van der Waals surface area contributed by atoms with E-state index in [9.17, 15) is 8.42 Å². The fourth-order valence-corrected chi connectivity index (χ4v) is 7.10. The van der Waals surface area contributed by atoms with Crippen LogP contribution >= 0.6 is 0 Å². The highest BCUT2D eigenvalue weighted by molar-refractivity contribution is 7.92. The van der Waals surface area contributed by atoms with E-state index in [1.54, 1.807) is 10.7 Å². The molecule has 3 aromatic rings. The lowest BCUT2D eigenvalue weighted by Gasteiger charge is -2.17. The van der Waals surface area contributed by atoms with Crippen LogP contribution in [-0.2, 0) is 23.4 Å². The Morgan fingerprint density at radius 3 is 2.77 bits per heavy atom. The third-order valence-electron chi connectivity index (χ3n) is 6.34. The molecule has 1 saturated heterocycles. The summed E-state index contributed by atoms with van der Waals surface area (Å²) in [6.45, 7) is 2.21. The summed E-state index contributed by atoms with van der Waals surface area (Å²) in [4.78, 5) is 2.72. The Hall–Kier alpha value is -2.84. The van der Waals surface area contributed by atoms with Gasteiger partial charge in [0, 0.05) is 44.4 Å². The Labute approximate surface area is 174 Å². The zero-order valence-electron chi connectivity index (χ0n) is 16.5. The number of hydrogen-bond acceptors (Lipinski definition) is 6. The van der Waals surface area contributed by atoms with Crippen LogP contribution in [0.1, 0.15) is 17.0 Å². The summed E-state index contributed by atoms with van der Waals surface area (Å²) in [5.41, 5.74) is 4.04. The van der Waals surface area contributed by atoms with Crippen LogP contribution in [0.15, 0.2) is 53.7 Å². The van der Waals surface area contributed by atoms with E-state index in [4.69, 9.17) is 9.47 Å². The summed E-state index contributed by atoms with van der Waals surface area (Å²) in [6.07, 6.45) is 3.76. The van der Waals surface area contributed by atoms with Gasteiger partial charge in [-0.05, 0) is 41.0 Å². The molecule has 2 atom stereocenters. The third kappa shape index (κ3) is 2.67. The molecule has 1 fully saturated rings. The topological polar surface area (TPSA) is 73.7 Å². The van der Waals surface area contributed by atoms with Gasteiger partial charge < -0.3 is 9.47 Å². The summed E-state index contributed by atoms with van der Waals surface area (Å²) in [6, 6.07) is 11.6. The van der Waals surface area contributed by atoms with Crippen LogP contribution in [0.5, 0.6) is 11.5 Å². The van der Waals surface area contributed by atoms with E-state index < -0.39 is 9.84 Å². The molecule has 154 valence electrons. The number of rotatable bonds is 3. The number of ether oxygens (including phenoxy) is 2. The third-order valence-corrected chi connectivity index (χ3v) is 8.60. The predicted octanol–water partition coefficient (Wildman–Crippen LogP) is 2.57. The molecule has 3 aliphatic rings. The largest absolute Gasteiger partial charge is 0.454 e. The number of nitrogens with zero attached hydrogens (tertiary/aromatic N) is 3. The first-order valence-corrected chi connectivity index (χ1v) is 11.5. The van der Waals surface area contributed by atoms with Crippen LogP contribution in [0.2, 0.25) is 0 Å². The van der Waals surface area contributed by atoms with Crippen LogP contribution in [0.3, 0.4) is 0 Å². The Morgan fingerprint density at radius 1 is 1.07 bits per heavy atom. The molecule has 2 aromatic carbocycles. The molecule has 4 heterocycles. The SMILES string of the molecule is Cn1cc(-c2ccc3c(c2)[C@H]2CN(Cc4ccc5c(c4)OCO5)C[C@@H]2S3(=O)=O)cn1. The standard InChI is InChI=1S/C22H21N3O4S/c1-24-10-16(8-23-24)15-3-5-21-17(7-15)18-11-25(12-22(18)30(21,26)27)9-14-2-4-19-20(6-14)29-13-28-19/h2-8,10,18,22H,9,11-13H2,1H3/t18-,22+/m1/s1. The smallest absolute Gasteiger partial charge is 0.231 e. The van der Waals surface area contributed by atoms with Crippen molar-refractivity contribution in [3.63, 3.8) is 0 Å². The van der Waals surface area contributed by atoms with Gasteiger partial charge in [0.05, 0.1) is 16.3 Å². The van der Waals surface area contributed by atoms with Crippen LogP contribution in [0.4, 0.5) is 0 Å². The maximum atomic E-state index is 13.2. The molecule has 0 spiro atoms. The molecule has 0 saturated carbocycles. The zero-order valence-corrected chi connectivity index (χ0v) is 17.3. The van der Waals surface area contributed by atoms with Crippen molar-refractivity contribution in [3.05, 3.63) is 59.9 Å². The molecule has 0 amide bonds. The van der Waals surface area contributed by atoms with Crippen molar-refractivity contribution in [1.82, 2.24) is 14.7 Å². The Morgan fingerprint density at radius 2 is 1.93 bits per heavy atom. The Bertz CT molecular complexity index is 1270. The van der Waals surface area contributed by atoms with E-state index in [1.807, 2.05) is 49.8 Å². The fraction of sp³-hybridized carbons (Fsp3) is 0.318. The maximum Gasteiger partial charge on any atom is 0.231 e. The lowest BCUT2D eigenvalue weighted by atomic mass is 9.95. The average Bonchev–Trinajstić information content (AvgIpc) is 3.48. The first-order chi connectivity index (χ1) is 14.5. The van der Waals surface area contributed by atoms with Crippen molar-refractivity contribution in [3.8, 4) is 22.6 Å². The molecule has 8 heteroatoms. The van der Waals surface area contributed by atoms with Gasteiger partial charge in [0.2, 0.25) is 6.79 Å². The molecular formula is C22H21N3O4S. The Balaban J connectivity index is 1.30. The molecule has 0 unspecified atom stereocenters. The number of sulfone groups is 1. The van der Waals surface area contributed by atoms with Gasteiger partial charge in [0.25, 0.3) is 0 Å². The maximum absolute atomic E-state index is 13.2. The highest BCUT2D eigenvalue weighted by Gasteiger charge is 2.50. The second-order valence-corrected chi connectivity index (χ2v) is 10.4. The first kappa shape index (κ1) is 18.0. The van der Waals surface area contributed by atoms with Gasteiger partial charge in [0.15, 0.2) is 21.3 Å². The highest BCUT2D eigenvalue weighted by Crippen LogP contribution is 2.46. The summed E-state index contributed by atoms with van der Waals surface area (Å²) in [5, 5.41) is 3.85. The van der Waals surface area contributed by atoms with Crippen molar-refractivity contribution in [2.45, 2.75) is 22.6 Å². The fourth-order valence-electron chi connectivity index (χ4n) is 4.90. The van der Waals surface area contributed by atoms with Crippen molar-refractivity contribution >= 4 is 9.84 Å². The summed E-state index contributed by atoms with van der Waals surface area (Å²) >= 11 is 0. The van der Waals surface area contributed by atoms with Crippen molar-refractivity contribution in [2.24, 2.45) is 7.05 Å². The summed E-state index contributed by atoms with van der Waals surface area (Å²) in [5.74, 6) is 1.51. The van der Waals surface area contributed by atoms with Crippen molar-refractivity contribution in [1.29, 1.82) is 0 Å². The number of benzene rings is 2. The van der Waals surface area contributed by atoms with Gasteiger partial charge in [-0.1, -0.05) is 12.1 Å². The number of fused-ring (bicyclic) bond motifs is 4. The lowest BCUT2D eigenvalue weighted by molar-refractivity contribution is 0.174. The number of hydrogen-bond donors (Lipinski definition) is 0. The van der Waals surface area contributed by atoms with E-state index in [-0.39, 0.29) is 18.0 Å². The molecule has 3 aliphatic heterocycles. The zero-order chi connectivity index (χ0) is 20.5. The van der Waals surface area contributed by atoms with Gasteiger partial charge in [0.1, 0.15) is 0 Å². The van der Waals surface area contributed by atoms with E-state index in [0.717, 1.165) is 40.3 Å². The van der Waals surface area contributed by atoms with Crippen LogP contribution in [0, 0.1) is 0 Å². The number of aromatic nitrogens is 2. The second kappa shape index (κ2) is 6.33. The minimum atomic E-state index is -3.32. The molecule has 30 heavy (non-hydrogen) atoms. The molecule has 7 nitrogen and oxygen atoms in total. The summed E-state index contributed by atoms with van der Waals surface area (Å²) < 4.78 is 39.0. The Kier molecular flexibility index (Phi) is 3.79. The van der Waals surface area contributed by atoms with E-state index in [2.05, 4.69) is 10.00 Å². The molecular weight excluding hydrogens is 402 g/mol. The number of likely N-dealkylation sites (tertiary alicyclic amines) is 1. The predicted molar refractivity (Wildman–Crippen MR) is 110 cm³/mol. The monoisotopic (exact) mass is 423 g/mol. The molecule has 0 N–H and O–H groups in total. The molecule has 1 aromatic heterocycles. The van der Waals surface area contributed by atoms with Crippen LogP contribution in [-0.4, -0.2) is 48.2 Å². The van der Waals surface area contributed by atoms with E-state index in [1.165, 1.54) is 0 Å². The van der Waals surface area contributed by atoms with Gasteiger partial charge in [-0.15, -0.1) is 0 Å². The summed E-state index contributed by atoms with van der Waals surface area (Å²) in [7, 11) is -1.44. The first-order valence-electron chi connectivity index (χ1n) is 9.97. The molecule has 0 radical (unpaired) electrons. The van der Waals surface area contributed by atoms with Gasteiger partial charge in [-0.25, -0.2) is 8.42 Å². The molecule has 0 bridgehead atoms. The van der Waals surface area contributed by atoms with E-state index >= 15 is 0 Å². The minimum absolute atomic E-state index is 0.00404. The minimum Gasteiger partial charge on any atom is -0.454 e. The van der Waals surface area contributed by atoms with Crippen molar-refractivity contribution in [2.75, 3.05) is 19.9 Å². The lowest BCUT2D eigenvalue weighted by Crippen LogP contribution is -2.25. The van der Waals surface area contributed by atoms with Gasteiger partial charge in [-0.3, -0.25) is 9.58 Å². The number of aryl methyl sites for hydroxylation is 1. The van der Waals surface area contributed by atoms with Crippen molar-refractivity contribution < 1.29 is 17.9 Å². The van der Waals surface area contributed by atoms with E-state index in [0.29, 0.717) is 18.0 Å². The molecule has 0 aliphatic carbocycles. The van der Waals surface area contributed by atoms with Crippen LogP contribution in [0.25, 0.3) is 11.1 Å². The average molecular weight is 423 g/mol. The highest BCUT2D eigenvalue weighted by atomic mass is 32.2. The van der Waals surface area contributed by atoms with Gasteiger partial charge >= 0.3 is 0 Å². The van der Waals surface area contributed by atoms with Crippen LogP contribution < -0.4 is 9.47 Å².